The Morgan fingerprint density at radius 3 is 2.43 bits per heavy atom. The number of nitrogens with zero attached hydrogens (tertiary/aromatic N) is 6. The lowest BCUT2D eigenvalue weighted by atomic mass is 10.1. The molecule has 0 saturated carbocycles. The average molecular weight is 932 g/mol. The molecule has 1 saturated heterocycles. The Morgan fingerprint density at radius 2 is 1.72 bits per heavy atom. The average Bonchev–Trinajstić information content (AvgIpc) is 3.69. The Hall–Kier alpha value is -6.05. The van der Waals surface area contributed by atoms with Crippen LogP contribution in [0.2, 0.25) is 0 Å². The maximum absolute atomic E-state index is 13.5. The topological polar surface area (TPSA) is 179 Å². The van der Waals surface area contributed by atoms with Gasteiger partial charge in [-0.15, -0.1) is 0 Å². The van der Waals surface area contributed by atoms with Gasteiger partial charge in [0.15, 0.2) is 0 Å². The maximum Gasteiger partial charge on any atom is 0.324 e. The van der Waals surface area contributed by atoms with E-state index in [0.29, 0.717) is 70.5 Å². The molecule has 0 radical (unpaired) electrons. The van der Waals surface area contributed by atoms with Crippen molar-refractivity contribution >= 4 is 68.4 Å². The third kappa shape index (κ3) is 11.6. The van der Waals surface area contributed by atoms with Gasteiger partial charge in [0.05, 0.1) is 50.7 Å². The highest BCUT2D eigenvalue weighted by atomic mass is 127. The molecule has 3 aromatic carbocycles. The van der Waals surface area contributed by atoms with E-state index in [1.54, 1.807) is 73.8 Å². The summed E-state index contributed by atoms with van der Waals surface area (Å²) in [5.41, 5.74) is 3.04. The molecule has 4 N–H and O–H groups in total. The first-order valence-corrected chi connectivity index (χ1v) is 20.3. The van der Waals surface area contributed by atoms with Gasteiger partial charge in [-0.2, -0.15) is 10.1 Å². The first-order valence-electron chi connectivity index (χ1n) is 19.5. The fourth-order valence-corrected chi connectivity index (χ4v) is 6.20. The van der Waals surface area contributed by atoms with Crippen LogP contribution in [0.5, 0.6) is 23.3 Å². The van der Waals surface area contributed by atoms with Gasteiger partial charge in [-0.25, -0.2) is 19.4 Å². The van der Waals surface area contributed by atoms with E-state index < -0.39 is 6.03 Å². The second kappa shape index (κ2) is 21.8. The molecule has 1 fully saturated rings. The van der Waals surface area contributed by atoms with Crippen LogP contribution in [0.25, 0.3) is 16.5 Å². The zero-order valence-corrected chi connectivity index (χ0v) is 35.4. The van der Waals surface area contributed by atoms with E-state index >= 15 is 0 Å². The third-order valence-electron chi connectivity index (χ3n) is 9.19. The lowest BCUT2D eigenvalue weighted by Crippen LogP contribution is -2.41. The van der Waals surface area contributed by atoms with Crippen molar-refractivity contribution in [1.29, 1.82) is 0 Å². The predicted molar refractivity (Wildman–Crippen MR) is 243 cm³/mol. The summed E-state index contributed by atoms with van der Waals surface area (Å²) in [5.74, 6) is 2.41. The lowest BCUT2D eigenvalue weighted by molar-refractivity contribution is 0.0383. The molecule has 0 spiro atoms. The summed E-state index contributed by atoms with van der Waals surface area (Å²) in [4.78, 5) is 42.5. The molecule has 0 unspecified atom stereocenters. The highest BCUT2D eigenvalue weighted by Crippen LogP contribution is 2.35. The second-order valence-electron chi connectivity index (χ2n) is 13.4. The Balaban J connectivity index is 0.00000171. The summed E-state index contributed by atoms with van der Waals surface area (Å²) in [7, 11) is 3.09. The summed E-state index contributed by atoms with van der Waals surface area (Å²) in [6, 6.07) is 22.8. The van der Waals surface area contributed by atoms with Gasteiger partial charge in [0, 0.05) is 80.0 Å². The number of carbonyl (C=O) groups excluding carboxylic acids is 2. The van der Waals surface area contributed by atoms with Crippen molar-refractivity contribution in [3.8, 4) is 28.9 Å². The number of morpholine rings is 1. The number of methoxy groups -OCH3 is 2. The van der Waals surface area contributed by atoms with E-state index in [-0.39, 0.29) is 31.1 Å². The number of halogens is 1. The summed E-state index contributed by atoms with van der Waals surface area (Å²) in [6.45, 7) is 8.42. The van der Waals surface area contributed by atoms with E-state index in [0.717, 1.165) is 36.1 Å². The number of urea groups is 1. The largest absolute Gasteiger partial charge is 0.497 e. The number of alkyl halides is 1. The molecular formula is C43H51IN10O6. The van der Waals surface area contributed by atoms with E-state index in [4.69, 9.17) is 25.4 Å². The Morgan fingerprint density at radius 1 is 0.933 bits per heavy atom. The van der Waals surface area contributed by atoms with Crippen molar-refractivity contribution < 1.29 is 29.9 Å². The Kier molecular flexibility index (Phi) is 15.8. The fourth-order valence-electron chi connectivity index (χ4n) is 6.20. The zero-order valence-electron chi connectivity index (χ0n) is 34.2. The minimum atomic E-state index is -0.454. The molecule has 6 aromatic rings. The first-order chi connectivity index (χ1) is 29.2. The van der Waals surface area contributed by atoms with E-state index in [2.05, 4.69) is 41.1 Å². The quantitative estimate of drug-likeness (QED) is 0.0608. The van der Waals surface area contributed by atoms with E-state index in [1.165, 1.54) is 0 Å². The fraction of sp³-hybridized carbons (Fsp3) is 0.302. The number of nitrogens with one attached hydrogen (secondary N) is 4. The minimum absolute atomic E-state index is 0. The summed E-state index contributed by atoms with van der Waals surface area (Å²) >= 11 is 1.96. The molecule has 0 bridgehead atoms. The zero-order chi connectivity index (χ0) is 42.4. The predicted octanol–water partition coefficient (Wildman–Crippen LogP) is 8.28. The monoisotopic (exact) mass is 931 g/mol. The number of anilines is 4. The summed E-state index contributed by atoms with van der Waals surface area (Å²) in [6.07, 6.45) is 3.21. The molecule has 0 atom stereocenters. The van der Waals surface area contributed by atoms with Crippen LogP contribution in [-0.2, 0) is 4.74 Å². The molecule has 16 nitrogen and oxygen atoms in total. The van der Waals surface area contributed by atoms with Crippen LogP contribution in [-0.4, -0.2) is 100 Å². The van der Waals surface area contributed by atoms with Crippen LogP contribution < -0.4 is 35.5 Å². The Bertz CT molecular complexity index is 2380. The number of benzene rings is 3. The maximum atomic E-state index is 13.5. The molecule has 1 aliphatic rings. The number of amides is 3. The number of hydrogen-bond acceptors (Lipinski definition) is 12. The first kappa shape index (κ1) is 43.5. The molecule has 60 heavy (non-hydrogen) atoms. The molecule has 3 amide bonds. The molecule has 3 aromatic heterocycles. The lowest BCUT2D eigenvalue weighted by Gasteiger charge is -2.26. The van der Waals surface area contributed by atoms with Gasteiger partial charge in [0.2, 0.25) is 17.7 Å². The Labute approximate surface area is 364 Å². The van der Waals surface area contributed by atoms with Crippen molar-refractivity contribution in [3.63, 3.8) is 0 Å². The highest BCUT2D eigenvalue weighted by Gasteiger charge is 2.18. The highest BCUT2D eigenvalue weighted by molar-refractivity contribution is 14.1. The van der Waals surface area contributed by atoms with Crippen LogP contribution in [0.4, 0.5) is 27.9 Å². The van der Waals surface area contributed by atoms with Crippen LogP contribution >= 0.6 is 22.6 Å². The van der Waals surface area contributed by atoms with Crippen molar-refractivity contribution in [2.75, 3.05) is 74.5 Å². The number of rotatable bonds is 14. The SMILES string of the molecule is C.COc1cc(Nc2nccc(Oc3ccc(NC(=O)Nc4cc(C(C)C)nn4-c4ccc(OC)nc4)c4ccccc34)n2)cc(C(=O)NCCN2CCOCC2)c1.[2H]CI. The van der Waals surface area contributed by atoms with Crippen LogP contribution in [0.15, 0.2) is 91.3 Å². The van der Waals surface area contributed by atoms with Gasteiger partial charge in [0.1, 0.15) is 17.3 Å². The van der Waals surface area contributed by atoms with Crippen molar-refractivity contribution in [2.24, 2.45) is 0 Å². The molecule has 4 heterocycles. The van der Waals surface area contributed by atoms with Gasteiger partial charge in [-0.1, -0.05) is 68.1 Å². The normalized spacial score (nSPS) is 12.6. The number of hydrogen-bond donors (Lipinski definition) is 4. The van der Waals surface area contributed by atoms with Crippen LogP contribution in [0.1, 0.15) is 44.6 Å². The molecular weight excluding hydrogens is 879 g/mol. The van der Waals surface area contributed by atoms with Gasteiger partial charge >= 0.3 is 6.03 Å². The van der Waals surface area contributed by atoms with Crippen LogP contribution in [0, 0.1) is 0 Å². The molecule has 316 valence electrons. The minimum Gasteiger partial charge on any atom is -0.497 e. The standard InChI is InChI=1S/C41H44N10O6.CH3I.CH4/c1-26(2)34-24-36(51(49-34)29-9-12-37(55-4)44-25-29)47-41(53)46-33-10-11-35(32-8-6-5-7-31(32)33)57-38-13-14-43-40(48-38)45-28-21-27(22-30(23-28)54-3)39(52)42-15-16-50-17-19-56-20-18-50;1-2;/h5-14,21-26H,15-20H2,1-4H3,(H,42,52)(H,43,45,48)(H2,46,47,53);1H3;1H4/i;1D;. The smallest absolute Gasteiger partial charge is 0.324 e. The number of aromatic nitrogens is 5. The summed E-state index contributed by atoms with van der Waals surface area (Å²) < 4.78 is 30.2. The molecule has 1 aliphatic heterocycles. The number of pyridine rings is 1. The van der Waals surface area contributed by atoms with Crippen LogP contribution in [0.3, 0.4) is 0 Å². The molecule has 0 aliphatic carbocycles. The van der Waals surface area contributed by atoms with Gasteiger partial charge in [-0.3, -0.25) is 15.0 Å². The van der Waals surface area contributed by atoms with Gasteiger partial charge in [0.25, 0.3) is 5.91 Å². The molecule has 7 rings (SSSR count). The number of fused-ring (bicyclic) bond motifs is 1. The molecule has 17 heteroatoms. The van der Waals surface area contributed by atoms with Crippen molar-refractivity contribution in [2.45, 2.75) is 27.2 Å². The third-order valence-corrected chi connectivity index (χ3v) is 9.19. The van der Waals surface area contributed by atoms with E-state index in [1.807, 2.05) is 72.8 Å². The van der Waals surface area contributed by atoms with Crippen molar-refractivity contribution in [3.05, 3.63) is 103 Å². The summed E-state index contributed by atoms with van der Waals surface area (Å²) in [5, 5.41) is 18.3. The van der Waals surface area contributed by atoms with Gasteiger partial charge in [-0.05, 0) is 41.2 Å². The number of ether oxygens (including phenoxy) is 4. The second-order valence-corrected chi connectivity index (χ2v) is 13.4. The number of carbonyl (C=O) groups is 2. The van der Waals surface area contributed by atoms with E-state index in [9.17, 15) is 9.59 Å². The van der Waals surface area contributed by atoms with Gasteiger partial charge < -0.3 is 34.9 Å². The van der Waals surface area contributed by atoms with Crippen molar-refractivity contribution in [1.82, 2.24) is 34.9 Å².